The molecule has 1 aromatic rings. The first kappa shape index (κ1) is 16.3. The molecule has 5 atom stereocenters. The third kappa shape index (κ3) is 2.44. The number of hydrogen-bond donors (Lipinski definition) is 1. The molecule has 1 N–H and O–H groups in total. The number of carbonyl (C=O) groups excluding carboxylic acids is 2. The van der Waals surface area contributed by atoms with Gasteiger partial charge in [-0.25, -0.2) is 0 Å². The molecule has 3 fully saturated rings. The molecule has 3 bridgehead atoms. The highest BCUT2D eigenvalue weighted by atomic mass is 32.2. The van der Waals surface area contributed by atoms with E-state index in [1.54, 1.807) is 19.1 Å². The maximum absolute atomic E-state index is 12.4. The second-order valence-corrected chi connectivity index (χ2v) is 8.07. The van der Waals surface area contributed by atoms with Crippen LogP contribution in [0.5, 0.6) is 0 Å². The van der Waals surface area contributed by atoms with E-state index in [2.05, 4.69) is 0 Å². The molecule has 0 amide bonds. The highest BCUT2D eigenvalue weighted by Crippen LogP contribution is 2.56. The summed E-state index contributed by atoms with van der Waals surface area (Å²) in [6.45, 7) is 1.75. The topological polar surface area (TPSA) is 72.8 Å². The van der Waals surface area contributed by atoms with E-state index >= 15 is 0 Å². The highest BCUT2D eigenvalue weighted by molar-refractivity contribution is 8.00. The Kier molecular flexibility index (Phi) is 3.84. The zero-order chi connectivity index (χ0) is 16.9. The molecular formula is C18H20O5S. The van der Waals surface area contributed by atoms with Gasteiger partial charge in [-0.15, -0.1) is 0 Å². The van der Waals surface area contributed by atoms with Crippen molar-refractivity contribution in [2.45, 2.75) is 37.4 Å². The minimum Gasteiger partial charge on any atom is -0.363 e. The Morgan fingerprint density at radius 1 is 1.33 bits per heavy atom. The first-order valence-corrected chi connectivity index (χ1v) is 9.34. The maximum atomic E-state index is 12.4. The number of ether oxygens (including phenoxy) is 2. The van der Waals surface area contributed by atoms with Crippen LogP contribution >= 0.6 is 11.8 Å². The highest BCUT2D eigenvalue weighted by Gasteiger charge is 2.69. The zero-order valence-electron chi connectivity index (χ0n) is 13.4. The quantitative estimate of drug-likeness (QED) is 0.821. The predicted molar refractivity (Wildman–Crippen MR) is 88.6 cm³/mol. The molecular weight excluding hydrogens is 328 g/mol. The van der Waals surface area contributed by atoms with Crippen molar-refractivity contribution in [3.8, 4) is 0 Å². The average molecular weight is 348 g/mol. The van der Waals surface area contributed by atoms with Crippen molar-refractivity contribution < 1.29 is 24.2 Å². The van der Waals surface area contributed by atoms with Crippen LogP contribution in [0.1, 0.15) is 30.1 Å². The van der Waals surface area contributed by atoms with Crippen molar-refractivity contribution in [1.82, 2.24) is 0 Å². The SMILES string of the molecule is C[C@]12CC(=O)[C@@H]3C[C@@]1(O)O[C@H](O2)[C@H]3CSCC(=O)c1ccccc1. The van der Waals surface area contributed by atoms with Crippen LogP contribution in [0.2, 0.25) is 0 Å². The zero-order valence-corrected chi connectivity index (χ0v) is 14.3. The molecule has 2 saturated heterocycles. The van der Waals surface area contributed by atoms with Crippen molar-refractivity contribution in [2.24, 2.45) is 11.8 Å². The maximum Gasteiger partial charge on any atom is 0.198 e. The van der Waals surface area contributed by atoms with Crippen LogP contribution in [0.3, 0.4) is 0 Å². The van der Waals surface area contributed by atoms with E-state index in [9.17, 15) is 14.7 Å². The molecule has 2 aliphatic heterocycles. The molecule has 2 heterocycles. The van der Waals surface area contributed by atoms with E-state index < -0.39 is 17.7 Å². The third-order valence-corrected chi connectivity index (χ3v) is 6.53. The van der Waals surface area contributed by atoms with Crippen LogP contribution in [0.25, 0.3) is 0 Å². The van der Waals surface area contributed by atoms with E-state index in [0.717, 1.165) is 0 Å². The van der Waals surface area contributed by atoms with Crippen molar-refractivity contribution in [3.05, 3.63) is 35.9 Å². The number of hydrogen-bond acceptors (Lipinski definition) is 6. The van der Waals surface area contributed by atoms with Gasteiger partial charge >= 0.3 is 0 Å². The summed E-state index contributed by atoms with van der Waals surface area (Å²) >= 11 is 1.49. The van der Waals surface area contributed by atoms with Gasteiger partial charge in [0, 0.05) is 36.0 Å². The summed E-state index contributed by atoms with van der Waals surface area (Å²) in [4.78, 5) is 24.6. The van der Waals surface area contributed by atoms with Gasteiger partial charge in [-0.05, 0) is 6.92 Å². The molecule has 4 rings (SSSR count). The molecule has 6 heteroatoms. The van der Waals surface area contributed by atoms with E-state index in [0.29, 0.717) is 17.1 Å². The second-order valence-electron chi connectivity index (χ2n) is 7.04. The molecule has 1 aromatic carbocycles. The minimum atomic E-state index is -1.35. The van der Waals surface area contributed by atoms with Crippen molar-refractivity contribution in [2.75, 3.05) is 11.5 Å². The number of benzene rings is 1. The van der Waals surface area contributed by atoms with E-state index in [4.69, 9.17) is 9.47 Å². The lowest BCUT2D eigenvalue weighted by Crippen LogP contribution is -2.59. The molecule has 0 unspecified atom stereocenters. The Bertz CT molecular complexity index is 677. The number of ketones is 2. The molecule has 0 spiro atoms. The van der Waals surface area contributed by atoms with Gasteiger partial charge in [-0.2, -0.15) is 11.8 Å². The smallest absolute Gasteiger partial charge is 0.198 e. The average Bonchev–Trinajstić information content (AvgIpc) is 2.72. The van der Waals surface area contributed by atoms with Crippen molar-refractivity contribution in [1.29, 1.82) is 0 Å². The molecule has 0 radical (unpaired) electrons. The van der Waals surface area contributed by atoms with Crippen molar-refractivity contribution >= 4 is 23.3 Å². The normalized spacial score (nSPS) is 40.1. The van der Waals surface area contributed by atoms with Crippen LogP contribution in [0.15, 0.2) is 30.3 Å². The Balaban J connectivity index is 1.41. The van der Waals surface area contributed by atoms with Crippen LogP contribution in [0.4, 0.5) is 0 Å². The molecule has 3 aliphatic rings. The van der Waals surface area contributed by atoms with Crippen LogP contribution in [-0.2, 0) is 14.3 Å². The first-order valence-electron chi connectivity index (χ1n) is 8.19. The lowest BCUT2D eigenvalue weighted by atomic mass is 9.70. The Hall–Kier alpha value is -1.21. The van der Waals surface area contributed by atoms with Gasteiger partial charge in [0.25, 0.3) is 0 Å². The largest absolute Gasteiger partial charge is 0.363 e. The van der Waals surface area contributed by atoms with Gasteiger partial charge < -0.3 is 14.6 Å². The predicted octanol–water partition coefficient (Wildman–Crippen LogP) is 2.03. The number of thioether (sulfide) groups is 1. The Morgan fingerprint density at radius 2 is 2.08 bits per heavy atom. The number of aliphatic hydroxyl groups is 1. The molecule has 0 aromatic heterocycles. The van der Waals surface area contributed by atoms with Gasteiger partial charge in [0.2, 0.25) is 0 Å². The Morgan fingerprint density at radius 3 is 2.83 bits per heavy atom. The lowest BCUT2D eigenvalue weighted by Gasteiger charge is -2.45. The standard InChI is InChI=1S/C18H20O5S/c1-17-8-14(19)12-7-18(17,21)23-16(22-17)13(12)9-24-10-15(20)11-5-3-2-4-6-11/h2-6,12-13,16,21H,7-10H2,1H3/t12-,13+,16+,17+,18-/m1/s1. The summed E-state index contributed by atoms with van der Waals surface area (Å²) in [7, 11) is 0. The van der Waals surface area contributed by atoms with E-state index in [1.807, 2.05) is 18.2 Å². The summed E-state index contributed by atoms with van der Waals surface area (Å²) < 4.78 is 11.6. The van der Waals surface area contributed by atoms with Crippen LogP contribution in [0, 0.1) is 11.8 Å². The fourth-order valence-corrected chi connectivity index (χ4v) is 5.08. The fourth-order valence-electron chi connectivity index (χ4n) is 3.95. The Labute approximate surface area is 144 Å². The van der Waals surface area contributed by atoms with E-state index in [-0.39, 0.29) is 36.2 Å². The molecule has 128 valence electrons. The summed E-state index contributed by atoms with van der Waals surface area (Å²) in [5.41, 5.74) is -0.245. The number of rotatable bonds is 5. The van der Waals surface area contributed by atoms with Crippen LogP contribution < -0.4 is 0 Å². The fraction of sp³-hybridized carbons (Fsp3) is 0.556. The summed E-state index contributed by atoms with van der Waals surface area (Å²) in [6.07, 6.45) is -0.0876. The first-order chi connectivity index (χ1) is 11.4. The van der Waals surface area contributed by atoms with Crippen LogP contribution in [-0.4, -0.2) is 45.9 Å². The molecule has 1 aliphatic carbocycles. The molecule has 5 nitrogen and oxygen atoms in total. The van der Waals surface area contributed by atoms with Gasteiger partial charge in [0.05, 0.1) is 5.75 Å². The van der Waals surface area contributed by atoms with Gasteiger partial charge in [0.1, 0.15) is 11.4 Å². The van der Waals surface area contributed by atoms with E-state index in [1.165, 1.54) is 11.8 Å². The lowest BCUT2D eigenvalue weighted by molar-refractivity contribution is -0.266. The van der Waals surface area contributed by atoms with Gasteiger partial charge in [-0.3, -0.25) is 9.59 Å². The third-order valence-electron chi connectivity index (χ3n) is 5.44. The second kappa shape index (κ2) is 5.66. The molecule has 24 heavy (non-hydrogen) atoms. The number of carbonyl (C=O) groups is 2. The van der Waals surface area contributed by atoms with Gasteiger partial charge in [-0.1, -0.05) is 30.3 Å². The number of Topliss-reactive ketones (excluding diaryl/α,β-unsaturated/α-hetero) is 2. The molecule has 1 saturated carbocycles. The minimum absolute atomic E-state index is 0.0729. The monoisotopic (exact) mass is 348 g/mol. The summed E-state index contributed by atoms with van der Waals surface area (Å²) in [5, 5.41) is 10.6. The summed E-state index contributed by atoms with van der Waals surface area (Å²) in [6, 6.07) is 9.18. The van der Waals surface area contributed by atoms with Gasteiger partial charge in [0.15, 0.2) is 17.9 Å². The summed E-state index contributed by atoms with van der Waals surface area (Å²) in [5.74, 6) is -0.547. The van der Waals surface area contributed by atoms with Crippen molar-refractivity contribution in [3.63, 3.8) is 0 Å². The number of fused-ring (bicyclic) bond motifs is 2.